The zero-order valence-corrected chi connectivity index (χ0v) is 9.89. The molecule has 0 fully saturated rings. The number of anilines is 2. The molecule has 1 heterocycles. The molecule has 0 aromatic carbocycles. The lowest BCUT2D eigenvalue weighted by Crippen LogP contribution is -2.24. The molecule has 0 unspecified atom stereocenters. The molecule has 0 saturated carbocycles. The van der Waals surface area contributed by atoms with Gasteiger partial charge in [0.25, 0.3) is 0 Å². The molecular weight excluding hydrogens is 292 g/mol. The third-order valence-corrected chi connectivity index (χ3v) is 1.98. The number of carbonyl (C=O) groups is 4. The lowest BCUT2D eigenvalue weighted by atomic mass is 10.3. The fourth-order valence-electron chi connectivity index (χ4n) is 1.18. The number of carbonyl (C=O) groups excluding carboxylic acids is 2. The third kappa shape index (κ3) is 3.69. The van der Waals surface area contributed by atoms with E-state index in [4.69, 9.17) is 10.2 Å². The topological polar surface area (TPSA) is 189 Å². The summed E-state index contributed by atoms with van der Waals surface area (Å²) in [5.74, 6) is -6.93. The summed E-state index contributed by atoms with van der Waals surface area (Å²) in [5.41, 5.74) is -2.14. The van der Waals surface area contributed by atoms with E-state index in [1.807, 2.05) is 0 Å². The molecule has 2 amide bonds. The van der Waals surface area contributed by atoms with Gasteiger partial charge in [-0.25, -0.2) is 9.59 Å². The van der Waals surface area contributed by atoms with E-state index in [1.165, 1.54) is 0 Å². The number of pyridine rings is 1. The van der Waals surface area contributed by atoms with Gasteiger partial charge in [-0.1, -0.05) is 0 Å². The summed E-state index contributed by atoms with van der Waals surface area (Å²) < 4.78 is 0. The molecule has 1 aromatic heterocycles. The summed E-state index contributed by atoms with van der Waals surface area (Å²) in [6, 6.07) is 0. The van der Waals surface area contributed by atoms with Crippen molar-refractivity contribution in [3.8, 4) is 0 Å². The van der Waals surface area contributed by atoms with Crippen molar-refractivity contribution in [2.45, 2.75) is 0 Å². The van der Waals surface area contributed by atoms with Gasteiger partial charge < -0.3 is 20.8 Å². The van der Waals surface area contributed by atoms with E-state index < -0.39 is 45.7 Å². The van der Waals surface area contributed by atoms with Crippen molar-refractivity contribution in [3.63, 3.8) is 0 Å². The standard InChI is InChI=1S/C9H6N4O8/c14-6(8(16)17)11-3-1-10-2-4(5(3)13(20)21)12-7(15)9(18)19/h1-2H,(H,11,14)(H,12,15)(H,16,17)(H,18,19). The number of carboxylic acids is 2. The van der Waals surface area contributed by atoms with Crippen molar-refractivity contribution in [2.75, 3.05) is 10.6 Å². The molecular formula is C9H6N4O8. The Morgan fingerprint density at radius 2 is 1.38 bits per heavy atom. The van der Waals surface area contributed by atoms with Gasteiger partial charge in [-0.15, -0.1) is 0 Å². The molecule has 1 rings (SSSR count). The minimum absolute atomic E-state index is 0.615. The van der Waals surface area contributed by atoms with Crippen LogP contribution in [0.2, 0.25) is 0 Å². The van der Waals surface area contributed by atoms with E-state index in [0.29, 0.717) is 0 Å². The van der Waals surface area contributed by atoms with Crippen molar-refractivity contribution in [1.29, 1.82) is 0 Å². The smallest absolute Gasteiger partial charge is 0.394 e. The second kappa shape index (κ2) is 6.05. The maximum absolute atomic E-state index is 11.0. The van der Waals surface area contributed by atoms with Crippen LogP contribution in [0.5, 0.6) is 0 Å². The van der Waals surface area contributed by atoms with Gasteiger partial charge in [0.2, 0.25) is 0 Å². The third-order valence-electron chi connectivity index (χ3n) is 1.98. The van der Waals surface area contributed by atoms with E-state index in [9.17, 15) is 29.3 Å². The number of aromatic nitrogens is 1. The van der Waals surface area contributed by atoms with E-state index in [0.717, 1.165) is 12.4 Å². The van der Waals surface area contributed by atoms with Gasteiger partial charge in [-0.3, -0.25) is 24.7 Å². The average molecular weight is 298 g/mol. The SMILES string of the molecule is O=C(O)C(=O)Nc1cncc(NC(=O)C(=O)O)c1[N+](=O)[O-]. The number of hydrogen-bond acceptors (Lipinski definition) is 7. The highest BCUT2D eigenvalue weighted by molar-refractivity contribution is 6.37. The lowest BCUT2D eigenvalue weighted by Gasteiger charge is -2.07. The van der Waals surface area contributed by atoms with Crippen molar-refractivity contribution >= 4 is 40.8 Å². The normalized spacial score (nSPS) is 9.52. The van der Waals surface area contributed by atoms with Crippen LogP contribution in [0.3, 0.4) is 0 Å². The summed E-state index contributed by atoms with van der Waals surface area (Å²) >= 11 is 0. The highest BCUT2D eigenvalue weighted by Gasteiger charge is 2.26. The van der Waals surface area contributed by atoms with Crippen LogP contribution in [-0.2, 0) is 19.2 Å². The number of rotatable bonds is 3. The molecule has 1 aromatic rings. The lowest BCUT2D eigenvalue weighted by molar-refractivity contribution is -0.383. The predicted octanol–water partition coefficient (Wildman–Crippen LogP) is -0.964. The Balaban J connectivity index is 3.24. The summed E-state index contributed by atoms with van der Waals surface area (Å²) in [4.78, 5) is 56.1. The first-order valence-corrected chi connectivity index (χ1v) is 4.95. The van der Waals surface area contributed by atoms with Crippen LogP contribution in [0.1, 0.15) is 0 Å². The Bertz CT molecular complexity index is 609. The maximum Gasteiger partial charge on any atom is 0.394 e. The molecule has 12 heteroatoms. The molecule has 0 radical (unpaired) electrons. The molecule has 0 spiro atoms. The van der Waals surface area contributed by atoms with Gasteiger partial charge in [0.1, 0.15) is 11.4 Å². The van der Waals surface area contributed by atoms with Crippen LogP contribution < -0.4 is 10.6 Å². The van der Waals surface area contributed by atoms with E-state index in [2.05, 4.69) is 4.98 Å². The quantitative estimate of drug-likeness (QED) is 0.309. The maximum atomic E-state index is 11.0. The molecule has 12 nitrogen and oxygen atoms in total. The average Bonchev–Trinajstić information content (AvgIpc) is 2.38. The first-order valence-electron chi connectivity index (χ1n) is 4.95. The summed E-state index contributed by atoms with van der Waals surface area (Å²) in [6.07, 6.45) is 1.55. The van der Waals surface area contributed by atoms with Crippen LogP contribution in [0.15, 0.2) is 12.4 Å². The van der Waals surface area contributed by atoms with Gasteiger partial charge in [0.15, 0.2) is 0 Å². The van der Waals surface area contributed by atoms with E-state index >= 15 is 0 Å². The molecule has 0 aliphatic rings. The van der Waals surface area contributed by atoms with Gasteiger partial charge in [0, 0.05) is 0 Å². The Kier molecular flexibility index (Phi) is 4.46. The summed E-state index contributed by atoms with van der Waals surface area (Å²) in [5, 5.41) is 31.1. The number of carboxylic acid groups (broad SMARTS) is 2. The first-order chi connectivity index (χ1) is 9.73. The number of aliphatic carboxylic acids is 2. The Hall–Kier alpha value is -3.57. The fourth-order valence-corrected chi connectivity index (χ4v) is 1.18. The van der Waals surface area contributed by atoms with Gasteiger partial charge in [0.05, 0.1) is 17.3 Å². The molecule has 4 N–H and O–H groups in total. The molecule has 0 aliphatic carbocycles. The van der Waals surface area contributed by atoms with Crippen molar-refractivity contribution in [2.24, 2.45) is 0 Å². The van der Waals surface area contributed by atoms with Crippen LogP contribution >= 0.6 is 0 Å². The van der Waals surface area contributed by atoms with Crippen LogP contribution in [0, 0.1) is 10.1 Å². The Morgan fingerprint density at radius 3 is 1.67 bits per heavy atom. The highest BCUT2D eigenvalue weighted by atomic mass is 16.6. The molecule has 110 valence electrons. The van der Waals surface area contributed by atoms with Gasteiger partial charge in [-0.05, 0) is 0 Å². The van der Waals surface area contributed by atoms with Crippen LogP contribution in [-0.4, -0.2) is 43.9 Å². The fraction of sp³-hybridized carbons (Fsp3) is 0. The molecule has 0 aliphatic heterocycles. The van der Waals surface area contributed by atoms with Gasteiger partial charge in [-0.2, -0.15) is 0 Å². The van der Waals surface area contributed by atoms with E-state index in [-0.39, 0.29) is 0 Å². The number of nitrogens with zero attached hydrogens (tertiary/aromatic N) is 2. The summed E-state index contributed by atoms with van der Waals surface area (Å²) in [7, 11) is 0. The van der Waals surface area contributed by atoms with Crippen LogP contribution in [0.4, 0.5) is 17.1 Å². The second-order valence-electron chi connectivity index (χ2n) is 3.36. The number of amides is 2. The second-order valence-corrected chi connectivity index (χ2v) is 3.36. The minimum atomic E-state index is -1.90. The molecule has 0 bridgehead atoms. The molecule has 21 heavy (non-hydrogen) atoms. The number of nitrogens with one attached hydrogen (secondary N) is 2. The molecule has 0 atom stereocenters. The zero-order valence-electron chi connectivity index (χ0n) is 9.89. The van der Waals surface area contributed by atoms with Crippen molar-refractivity contribution in [1.82, 2.24) is 4.98 Å². The largest absolute Gasteiger partial charge is 0.474 e. The number of hydrogen-bond donors (Lipinski definition) is 4. The minimum Gasteiger partial charge on any atom is -0.474 e. The van der Waals surface area contributed by atoms with Crippen molar-refractivity contribution in [3.05, 3.63) is 22.5 Å². The molecule has 0 saturated heterocycles. The monoisotopic (exact) mass is 298 g/mol. The first kappa shape index (κ1) is 15.5. The summed E-state index contributed by atoms with van der Waals surface area (Å²) in [6.45, 7) is 0. The number of nitro groups is 1. The van der Waals surface area contributed by atoms with Crippen LogP contribution in [0.25, 0.3) is 0 Å². The van der Waals surface area contributed by atoms with E-state index in [1.54, 1.807) is 10.6 Å². The van der Waals surface area contributed by atoms with Crippen molar-refractivity contribution < 1.29 is 34.3 Å². The Morgan fingerprint density at radius 1 is 1.00 bits per heavy atom. The highest BCUT2D eigenvalue weighted by Crippen LogP contribution is 2.31. The zero-order chi connectivity index (χ0) is 16.2. The predicted molar refractivity (Wildman–Crippen MR) is 63.4 cm³/mol. The van der Waals surface area contributed by atoms with Gasteiger partial charge >= 0.3 is 29.4 Å². The Labute approximate surface area is 114 Å².